The molecule has 0 amide bonds. The Kier molecular flexibility index (Phi) is 3.39. The Hall–Kier alpha value is -1.98. The van der Waals surface area contributed by atoms with Crippen LogP contribution in [0.15, 0.2) is 24.5 Å². The number of phenols is 1. The number of phenolic OH excluding ortho intramolecular Hbond substituents is 1. The van der Waals surface area contributed by atoms with Crippen molar-refractivity contribution in [3.8, 4) is 5.75 Å². The van der Waals surface area contributed by atoms with Crippen LogP contribution in [-0.2, 0) is 6.42 Å². The number of aromatic hydroxyl groups is 1. The van der Waals surface area contributed by atoms with Gasteiger partial charge in [-0.3, -0.25) is 4.98 Å². The number of benzene rings is 1. The lowest BCUT2D eigenvalue weighted by Gasteiger charge is -2.05. The number of aryl methyl sites for hydroxylation is 2. The zero-order valence-corrected chi connectivity index (χ0v) is 13.2. The molecule has 0 radical (unpaired) electrons. The number of fused-ring (bicyclic) bond motifs is 1. The van der Waals surface area contributed by atoms with Crippen molar-refractivity contribution in [3.63, 3.8) is 0 Å². The summed E-state index contributed by atoms with van der Waals surface area (Å²) in [7, 11) is -0.564. The first kappa shape index (κ1) is 14.0. The lowest BCUT2D eigenvalue weighted by molar-refractivity contribution is 0.467. The number of thiazole rings is 1. The molecule has 4 nitrogen and oxygen atoms in total. The molecule has 1 aromatic carbocycles. The second-order valence-corrected chi connectivity index (χ2v) is 6.84. The van der Waals surface area contributed by atoms with Crippen LogP contribution in [0.2, 0.25) is 0 Å². The van der Waals surface area contributed by atoms with Crippen LogP contribution >= 0.6 is 10.7 Å². The molecule has 108 valence electrons. The highest BCUT2D eigenvalue weighted by molar-refractivity contribution is 7.37. The summed E-state index contributed by atoms with van der Waals surface area (Å²) < 4.78 is 0.981. The number of nitrogens with two attached hydrogens (primary N) is 1. The largest absolute Gasteiger partial charge is 0.507 e. The van der Waals surface area contributed by atoms with Crippen LogP contribution < -0.4 is 5.14 Å². The number of nitrogen functional groups attached to an aromatic ring is 1. The maximum Gasteiger partial charge on any atom is 0.268 e. The van der Waals surface area contributed by atoms with Crippen LogP contribution in [0.1, 0.15) is 27.3 Å². The van der Waals surface area contributed by atoms with Crippen molar-refractivity contribution in [1.29, 1.82) is 0 Å². The lowest BCUT2D eigenvalue weighted by atomic mass is 10.0. The van der Waals surface area contributed by atoms with Crippen molar-refractivity contribution in [2.24, 2.45) is 0 Å². The van der Waals surface area contributed by atoms with Crippen molar-refractivity contribution < 1.29 is 5.11 Å². The predicted molar refractivity (Wildman–Crippen MR) is 87.3 cm³/mol. The van der Waals surface area contributed by atoms with Crippen LogP contribution in [-0.4, -0.2) is 15.1 Å². The smallest absolute Gasteiger partial charge is 0.268 e. The van der Waals surface area contributed by atoms with Gasteiger partial charge >= 0.3 is 0 Å². The fourth-order valence-corrected chi connectivity index (χ4v) is 4.16. The standard InChI is InChI=1S/C16H17N3OS/c1-9-10(2)15(20)11(3)16-14(9)19-13(21(16)17)7-12-5-4-6-18-8-12/h4-6,8H,7,17H2,1-3H3/p+1. The van der Waals surface area contributed by atoms with Gasteiger partial charge in [-0.05, 0) is 43.5 Å². The van der Waals surface area contributed by atoms with Gasteiger partial charge in [0, 0.05) is 12.4 Å². The third kappa shape index (κ3) is 2.18. The number of rotatable bonds is 2. The molecule has 0 bridgehead atoms. The van der Waals surface area contributed by atoms with Crippen molar-refractivity contribution in [1.82, 2.24) is 9.97 Å². The number of aromatic nitrogens is 2. The Morgan fingerprint density at radius 3 is 2.62 bits per heavy atom. The second kappa shape index (κ2) is 5.09. The van der Waals surface area contributed by atoms with Gasteiger partial charge in [-0.25, -0.2) is 0 Å². The summed E-state index contributed by atoms with van der Waals surface area (Å²) >= 11 is 0. The van der Waals surface area contributed by atoms with Gasteiger partial charge in [-0.15, -0.1) is 5.14 Å². The first-order valence-corrected chi connectivity index (χ1v) is 8.07. The topological polar surface area (TPSA) is 72.0 Å². The number of hydrogen-bond donors (Lipinski definition) is 2. The van der Waals surface area contributed by atoms with Crippen LogP contribution in [0.25, 0.3) is 10.2 Å². The molecule has 3 aromatic rings. The second-order valence-electron chi connectivity index (χ2n) is 5.28. The Balaban J connectivity index is 2.21. The van der Waals surface area contributed by atoms with Gasteiger partial charge in [-0.2, -0.15) is 4.98 Å². The van der Waals surface area contributed by atoms with Gasteiger partial charge < -0.3 is 5.11 Å². The fourth-order valence-electron chi connectivity index (χ4n) is 2.58. The van der Waals surface area contributed by atoms with E-state index in [9.17, 15) is 5.11 Å². The third-order valence-corrected chi connectivity index (χ3v) is 5.65. The van der Waals surface area contributed by atoms with E-state index >= 15 is 0 Å². The van der Waals surface area contributed by atoms with Crippen molar-refractivity contribution in [2.45, 2.75) is 27.2 Å². The first-order chi connectivity index (χ1) is 10.0. The average Bonchev–Trinajstić information content (AvgIpc) is 2.81. The van der Waals surface area contributed by atoms with E-state index < -0.39 is 10.7 Å². The normalized spacial score (nSPS) is 12.1. The number of pyridine rings is 1. The Morgan fingerprint density at radius 1 is 1.19 bits per heavy atom. The third-order valence-electron chi connectivity index (χ3n) is 3.97. The van der Waals surface area contributed by atoms with E-state index in [2.05, 4.69) is 4.98 Å². The zero-order chi connectivity index (χ0) is 15.1. The van der Waals surface area contributed by atoms with Crippen molar-refractivity contribution in [3.05, 3.63) is 51.8 Å². The van der Waals surface area contributed by atoms with Gasteiger partial charge in [-0.1, -0.05) is 6.07 Å². The predicted octanol–water partition coefficient (Wildman–Crippen LogP) is 3.31. The van der Waals surface area contributed by atoms with Crippen LogP contribution in [0.3, 0.4) is 0 Å². The quantitative estimate of drug-likeness (QED) is 0.712. The molecule has 1 unspecified atom stereocenters. The van der Waals surface area contributed by atoms with E-state index in [-0.39, 0.29) is 0 Å². The van der Waals surface area contributed by atoms with Gasteiger partial charge in [0.05, 0.1) is 22.6 Å². The fraction of sp³-hybridized carbons (Fsp3) is 0.250. The molecule has 0 saturated heterocycles. The van der Waals surface area contributed by atoms with Gasteiger partial charge in [0.25, 0.3) is 5.01 Å². The minimum Gasteiger partial charge on any atom is -0.507 e. The van der Waals surface area contributed by atoms with Crippen LogP contribution in [0, 0.1) is 20.8 Å². The van der Waals surface area contributed by atoms with E-state index in [0.29, 0.717) is 12.2 Å². The maximum absolute atomic E-state index is 10.2. The lowest BCUT2D eigenvalue weighted by Crippen LogP contribution is -1.92. The van der Waals surface area contributed by atoms with E-state index in [0.717, 1.165) is 37.5 Å². The summed E-state index contributed by atoms with van der Waals surface area (Å²) in [4.78, 5) is 8.89. The summed E-state index contributed by atoms with van der Waals surface area (Å²) in [6.45, 7) is 5.82. The summed E-state index contributed by atoms with van der Waals surface area (Å²) in [5.74, 6) is 0.340. The van der Waals surface area contributed by atoms with E-state index in [1.807, 2.05) is 39.1 Å². The minimum absolute atomic E-state index is 0.340. The molecule has 5 heteroatoms. The Morgan fingerprint density at radius 2 is 1.95 bits per heavy atom. The van der Waals surface area contributed by atoms with E-state index in [1.165, 1.54) is 0 Å². The molecule has 0 fully saturated rings. The van der Waals surface area contributed by atoms with Gasteiger partial charge in [0.2, 0.25) is 4.70 Å². The molecule has 0 spiro atoms. The molecule has 0 saturated carbocycles. The van der Waals surface area contributed by atoms with Crippen molar-refractivity contribution >= 4 is 20.9 Å². The first-order valence-electron chi connectivity index (χ1n) is 6.78. The number of hydrogen-bond acceptors (Lipinski definition) is 4. The summed E-state index contributed by atoms with van der Waals surface area (Å²) in [6, 6.07) is 3.94. The summed E-state index contributed by atoms with van der Waals surface area (Å²) in [6.07, 6.45) is 4.29. The van der Waals surface area contributed by atoms with Gasteiger partial charge in [0.1, 0.15) is 11.3 Å². The molecule has 2 heterocycles. The molecule has 21 heavy (non-hydrogen) atoms. The molecule has 0 aliphatic rings. The molecule has 3 N–H and O–H groups in total. The maximum atomic E-state index is 10.2. The molecule has 0 aliphatic heterocycles. The van der Waals surface area contributed by atoms with Gasteiger partial charge in [0.15, 0.2) is 0 Å². The number of nitrogens with zero attached hydrogens (tertiary/aromatic N) is 2. The van der Waals surface area contributed by atoms with E-state index in [1.54, 1.807) is 6.20 Å². The highest BCUT2D eigenvalue weighted by Gasteiger charge is 2.27. The van der Waals surface area contributed by atoms with E-state index in [4.69, 9.17) is 10.1 Å². The molecular weight excluding hydrogens is 282 g/mol. The highest BCUT2D eigenvalue weighted by atomic mass is 32.2. The molecular formula is C16H18N3OS+. The Labute approximate surface area is 126 Å². The summed E-state index contributed by atoms with van der Waals surface area (Å²) in [5.41, 5.74) is 4.78. The van der Waals surface area contributed by atoms with Crippen molar-refractivity contribution in [2.75, 3.05) is 5.14 Å². The summed E-state index contributed by atoms with van der Waals surface area (Å²) in [5, 5.41) is 17.6. The molecule has 3 rings (SSSR count). The SMILES string of the molecule is Cc1c(O)c(C)c2c(nc(Cc3cccnc3)[s+]2N)c1C. The average molecular weight is 300 g/mol. The molecule has 1 atom stereocenters. The molecule has 2 aromatic heterocycles. The Bertz CT molecular complexity index is 825. The molecule has 0 aliphatic carbocycles. The minimum atomic E-state index is -0.564. The van der Waals surface area contributed by atoms with Crippen LogP contribution in [0.5, 0.6) is 5.75 Å². The zero-order valence-electron chi connectivity index (χ0n) is 12.3. The monoisotopic (exact) mass is 300 g/mol. The van der Waals surface area contributed by atoms with Crippen LogP contribution in [0.4, 0.5) is 0 Å². The highest BCUT2D eigenvalue weighted by Crippen LogP contribution is 2.40.